The van der Waals surface area contributed by atoms with Gasteiger partial charge in [0.2, 0.25) is 0 Å². The second-order valence-corrected chi connectivity index (χ2v) is 8.14. The summed E-state index contributed by atoms with van der Waals surface area (Å²) in [6.45, 7) is 9.06. The summed E-state index contributed by atoms with van der Waals surface area (Å²) in [6.07, 6.45) is 1.50. The normalized spacial score (nSPS) is 19.3. The minimum atomic E-state index is -0.815. The van der Waals surface area contributed by atoms with Crippen LogP contribution in [0.1, 0.15) is 40.2 Å². The fourth-order valence-corrected chi connectivity index (χ4v) is 2.84. The molecule has 136 valence electrons. The lowest BCUT2D eigenvalue weighted by molar-refractivity contribution is -0.109. The second kappa shape index (κ2) is 7.09. The maximum Gasteiger partial charge on any atom is 0.491 e. The number of hydrogen-bond donors (Lipinski definition) is 1. The van der Waals surface area contributed by atoms with Gasteiger partial charge in [-0.3, -0.25) is 4.79 Å². The molecule has 0 unspecified atom stereocenters. The number of halogens is 2. The monoisotopic (exact) mass is 369 g/mol. The van der Waals surface area contributed by atoms with Crippen LogP contribution in [0.15, 0.2) is 17.6 Å². The van der Waals surface area contributed by atoms with Crippen LogP contribution in [0.5, 0.6) is 0 Å². The van der Waals surface area contributed by atoms with E-state index in [-0.39, 0.29) is 22.1 Å². The van der Waals surface area contributed by atoms with Crippen molar-refractivity contribution in [2.24, 2.45) is 0 Å². The highest BCUT2D eigenvalue weighted by Crippen LogP contribution is 2.39. The van der Waals surface area contributed by atoms with Gasteiger partial charge in [-0.25, -0.2) is 8.78 Å². The van der Waals surface area contributed by atoms with Crippen molar-refractivity contribution in [2.45, 2.75) is 45.8 Å². The zero-order chi connectivity index (χ0) is 19.0. The van der Waals surface area contributed by atoms with Crippen LogP contribution in [0.2, 0.25) is 0 Å². The molecule has 0 aliphatic carbocycles. The smallest absolute Gasteiger partial charge is 0.400 e. The highest BCUT2D eigenvalue weighted by molar-refractivity contribution is 8.13. The Labute approximate surface area is 151 Å². The highest BCUT2D eigenvalue weighted by atomic mass is 32.2. The number of anilines is 1. The first-order chi connectivity index (χ1) is 11.4. The lowest BCUT2D eigenvalue weighted by Gasteiger charge is -2.32. The Bertz CT molecular complexity index is 706. The number of thioether (sulfide) groups is 1. The quantitative estimate of drug-likeness (QED) is 0.646. The number of carbonyl (C=O) groups is 1. The van der Waals surface area contributed by atoms with E-state index in [0.29, 0.717) is 5.47 Å². The first-order valence-corrected chi connectivity index (χ1v) is 8.85. The molecule has 0 atom stereocenters. The molecule has 1 aromatic rings. The summed E-state index contributed by atoms with van der Waals surface area (Å²) in [4.78, 5) is 11.3. The summed E-state index contributed by atoms with van der Waals surface area (Å²) in [5, 5.41) is -0.0819. The zero-order valence-electron chi connectivity index (χ0n) is 15.0. The lowest BCUT2D eigenvalue weighted by atomic mass is 9.78. The topological polar surface area (TPSA) is 61.6 Å². The molecule has 0 aromatic heterocycles. The van der Waals surface area contributed by atoms with Gasteiger partial charge in [-0.1, -0.05) is 17.8 Å². The molecular weight excluding hydrogens is 347 g/mol. The predicted molar refractivity (Wildman–Crippen MR) is 98.0 cm³/mol. The molecule has 0 spiro atoms. The Hall–Kier alpha value is -1.38. The van der Waals surface area contributed by atoms with E-state index in [9.17, 15) is 13.6 Å². The summed E-state index contributed by atoms with van der Waals surface area (Å²) in [5.41, 5.74) is 4.93. The molecule has 1 aliphatic heterocycles. The first-order valence-electron chi connectivity index (χ1n) is 7.87. The Balaban J connectivity index is 2.40. The average Bonchev–Trinajstić information content (AvgIpc) is 2.68. The highest BCUT2D eigenvalue weighted by Gasteiger charge is 2.52. The Morgan fingerprint density at radius 3 is 2.28 bits per heavy atom. The minimum absolute atomic E-state index is 0.0819. The molecule has 0 amide bonds. The third-order valence-electron chi connectivity index (χ3n) is 4.45. The Kier molecular flexibility index (Phi) is 5.66. The van der Waals surface area contributed by atoms with Crippen LogP contribution < -0.4 is 5.73 Å². The van der Waals surface area contributed by atoms with E-state index in [2.05, 4.69) is 0 Å². The molecule has 4 nitrogen and oxygen atoms in total. The summed E-state index contributed by atoms with van der Waals surface area (Å²) in [5.74, 6) is -1.29. The summed E-state index contributed by atoms with van der Waals surface area (Å²) < 4.78 is 39.4. The van der Waals surface area contributed by atoms with Crippen molar-refractivity contribution in [3.05, 3.63) is 34.8 Å². The molecule has 25 heavy (non-hydrogen) atoms. The van der Waals surface area contributed by atoms with Crippen LogP contribution in [-0.2, 0) is 14.1 Å². The number of nitrogens with two attached hydrogens (primary N) is 1. The van der Waals surface area contributed by atoms with Gasteiger partial charge in [-0.2, -0.15) is 0 Å². The van der Waals surface area contributed by atoms with E-state index in [0.717, 1.165) is 17.8 Å². The number of hydrogen-bond acceptors (Lipinski definition) is 5. The maximum atomic E-state index is 14.1. The van der Waals surface area contributed by atoms with Crippen molar-refractivity contribution in [3.63, 3.8) is 0 Å². The molecule has 1 heterocycles. The molecule has 1 fully saturated rings. The summed E-state index contributed by atoms with van der Waals surface area (Å²) in [7, 11) is -0.734. The van der Waals surface area contributed by atoms with Gasteiger partial charge in [0.05, 0.1) is 16.9 Å². The second-order valence-electron chi connectivity index (χ2n) is 6.98. The molecule has 0 bridgehead atoms. The third kappa shape index (κ3) is 4.43. The van der Waals surface area contributed by atoms with Gasteiger partial charge in [0.25, 0.3) is 0 Å². The van der Waals surface area contributed by atoms with E-state index < -0.39 is 30.0 Å². The molecule has 0 saturated carbocycles. The van der Waals surface area contributed by atoms with Gasteiger partial charge in [0.1, 0.15) is 11.6 Å². The van der Waals surface area contributed by atoms with E-state index in [1.807, 2.05) is 27.7 Å². The molecule has 0 radical (unpaired) electrons. The molecule has 2 N–H and O–H groups in total. The van der Waals surface area contributed by atoms with Crippen LogP contribution in [-0.4, -0.2) is 29.2 Å². The van der Waals surface area contributed by atoms with Gasteiger partial charge >= 0.3 is 7.12 Å². The molecule has 2 rings (SSSR count). The molecule has 1 aliphatic rings. The van der Waals surface area contributed by atoms with E-state index in [1.54, 1.807) is 0 Å². The fraction of sp³-hybridized carbons (Fsp3) is 0.471. The number of rotatable bonds is 4. The van der Waals surface area contributed by atoms with Crippen molar-refractivity contribution in [1.82, 2.24) is 0 Å². The van der Waals surface area contributed by atoms with Crippen molar-refractivity contribution in [1.29, 1.82) is 0 Å². The predicted octanol–water partition coefficient (Wildman–Crippen LogP) is 3.84. The van der Waals surface area contributed by atoms with Crippen LogP contribution in [0.3, 0.4) is 0 Å². The van der Waals surface area contributed by atoms with Crippen molar-refractivity contribution in [3.8, 4) is 0 Å². The summed E-state index contributed by atoms with van der Waals surface area (Å²) in [6, 6.07) is 1.95. The Morgan fingerprint density at radius 1 is 1.20 bits per heavy atom. The van der Waals surface area contributed by atoms with E-state index >= 15 is 0 Å². The van der Waals surface area contributed by atoms with Crippen LogP contribution in [0.25, 0.3) is 6.08 Å². The van der Waals surface area contributed by atoms with Crippen LogP contribution >= 0.6 is 11.8 Å². The maximum absolute atomic E-state index is 14.1. The van der Waals surface area contributed by atoms with Gasteiger partial charge in [0, 0.05) is 24.3 Å². The van der Waals surface area contributed by atoms with E-state index in [1.165, 1.54) is 19.1 Å². The number of carbonyl (C=O) groups excluding carboxylic acids is 1. The first kappa shape index (κ1) is 19.9. The minimum Gasteiger partial charge on any atom is -0.400 e. The third-order valence-corrected chi connectivity index (χ3v) is 5.34. The van der Waals surface area contributed by atoms with Crippen LogP contribution in [0, 0.1) is 11.6 Å². The van der Waals surface area contributed by atoms with Gasteiger partial charge in [0.15, 0.2) is 5.12 Å². The number of benzene rings is 1. The van der Waals surface area contributed by atoms with Gasteiger partial charge in [-0.05, 0) is 39.2 Å². The van der Waals surface area contributed by atoms with Crippen molar-refractivity contribution >= 4 is 35.8 Å². The van der Waals surface area contributed by atoms with Gasteiger partial charge in [-0.15, -0.1) is 0 Å². The molecular formula is C17H22BF2NO3S. The summed E-state index contributed by atoms with van der Waals surface area (Å²) >= 11 is 1.06. The molecule has 8 heteroatoms. The van der Waals surface area contributed by atoms with E-state index in [4.69, 9.17) is 15.0 Å². The Morgan fingerprint density at radius 2 is 1.76 bits per heavy atom. The SMILES string of the molecule is CC(=O)SCC(=Cc1cc(N)c(F)cc1F)B1OC(C)(C)C(C)(C)O1. The van der Waals surface area contributed by atoms with Crippen LogP contribution in [0.4, 0.5) is 14.5 Å². The fourth-order valence-electron chi connectivity index (χ4n) is 2.25. The largest absolute Gasteiger partial charge is 0.491 e. The van der Waals surface area contributed by atoms with Crippen molar-refractivity contribution in [2.75, 3.05) is 11.5 Å². The van der Waals surface area contributed by atoms with Crippen molar-refractivity contribution < 1.29 is 22.9 Å². The standard InChI is InChI=1S/C17H22BF2NO3S/c1-10(22)25-9-12(18-23-16(2,3)17(4,5)24-18)6-11-7-15(21)14(20)8-13(11)19/h6-8H,9,21H2,1-5H3. The zero-order valence-corrected chi connectivity index (χ0v) is 15.8. The van der Waals surface area contributed by atoms with Gasteiger partial charge < -0.3 is 15.0 Å². The molecule has 1 aromatic carbocycles. The number of nitrogen functional groups attached to an aromatic ring is 1. The average molecular weight is 369 g/mol. The molecule has 1 saturated heterocycles. The lowest BCUT2D eigenvalue weighted by Crippen LogP contribution is -2.41.